The van der Waals surface area contributed by atoms with Crippen LogP contribution in [0.1, 0.15) is 28.4 Å². The van der Waals surface area contributed by atoms with E-state index in [-0.39, 0.29) is 12.3 Å². The quantitative estimate of drug-likeness (QED) is 0.606. The number of hydrogen-bond acceptors (Lipinski definition) is 4. The molecule has 0 amide bonds. The minimum Gasteiger partial charge on any atom is -0.480 e. The van der Waals surface area contributed by atoms with Gasteiger partial charge in [0.15, 0.2) is 5.78 Å². The Morgan fingerprint density at radius 1 is 1.09 bits per heavy atom. The fraction of sp³-hybridized carbons (Fsp3) is 0.222. The fourth-order valence-electron chi connectivity index (χ4n) is 2.35. The first-order valence-electron chi connectivity index (χ1n) is 7.43. The maximum absolute atomic E-state index is 12.5. The van der Waals surface area contributed by atoms with Gasteiger partial charge in [0, 0.05) is 23.4 Å². The maximum Gasteiger partial charge on any atom is 0.317 e. The molecule has 0 aliphatic rings. The number of carboxylic acid groups (broad SMARTS) is 1. The Morgan fingerprint density at radius 2 is 1.78 bits per heavy atom. The van der Waals surface area contributed by atoms with Crippen LogP contribution in [0.15, 0.2) is 48.5 Å². The van der Waals surface area contributed by atoms with Crippen molar-refractivity contribution in [2.24, 2.45) is 0 Å². The van der Waals surface area contributed by atoms with E-state index in [0.29, 0.717) is 29.9 Å². The fourth-order valence-corrected chi connectivity index (χ4v) is 2.35. The molecule has 0 aliphatic heterocycles. The number of nitrogen functional groups attached to an aromatic ring is 1. The SMILES string of the molecule is CCN(CC(=O)O)Cc1cc(C(=O)c2ccccc2)ccc1N. The van der Waals surface area contributed by atoms with Crippen LogP contribution in [-0.4, -0.2) is 34.8 Å². The molecule has 5 nitrogen and oxygen atoms in total. The number of carbonyl (C=O) groups excluding carboxylic acids is 1. The lowest BCUT2D eigenvalue weighted by Crippen LogP contribution is -2.29. The van der Waals surface area contributed by atoms with Crippen molar-refractivity contribution in [1.29, 1.82) is 0 Å². The second-order valence-corrected chi connectivity index (χ2v) is 5.31. The molecule has 0 aliphatic carbocycles. The van der Waals surface area contributed by atoms with Gasteiger partial charge in [0.1, 0.15) is 0 Å². The van der Waals surface area contributed by atoms with Crippen LogP contribution in [0.25, 0.3) is 0 Å². The van der Waals surface area contributed by atoms with Gasteiger partial charge in [-0.2, -0.15) is 0 Å². The molecule has 0 atom stereocenters. The van der Waals surface area contributed by atoms with E-state index in [1.54, 1.807) is 35.2 Å². The number of hydrogen-bond donors (Lipinski definition) is 2. The van der Waals surface area contributed by atoms with Gasteiger partial charge in [-0.1, -0.05) is 37.3 Å². The summed E-state index contributed by atoms with van der Waals surface area (Å²) in [6, 6.07) is 14.2. The third-order valence-corrected chi connectivity index (χ3v) is 3.64. The zero-order valence-electron chi connectivity index (χ0n) is 13.0. The lowest BCUT2D eigenvalue weighted by atomic mass is 10.00. The summed E-state index contributed by atoms with van der Waals surface area (Å²) in [7, 11) is 0. The molecule has 0 heterocycles. The number of aliphatic carboxylic acids is 1. The molecule has 0 radical (unpaired) electrons. The van der Waals surface area contributed by atoms with Crippen LogP contribution in [0, 0.1) is 0 Å². The first-order valence-corrected chi connectivity index (χ1v) is 7.43. The van der Waals surface area contributed by atoms with E-state index in [0.717, 1.165) is 5.56 Å². The van der Waals surface area contributed by atoms with E-state index in [1.165, 1.54) is 0 Å². The molecule has 2 aromatic carbocycles. The van der Waals surface area contributed by atoms with Crippen molar-refractivity contribution in [3.8, 4) is 0 Å². The van der Waals surface area contributed by atoms with Crippen molar-refractivity contribution in [3.63, 3.8) is 0 Å². The van der Waals surface area contributed by atoms with E-state index >= 15 is 0 Å². The Hall–Kier alpha value is -2.66. The number of rotatable bonds is 7. The summed E-state index contributed by atoms with van der Waals surface area (Å²) in [5.41, 5.74) is 8.45. The monoisotopic (exact) mass is 312 g/mol. The molecule has 3 N–H and O–H groups in total. The normalized spacial score (nSPS) is 10.7. The van der Waals surface area contributed by atoms with E-state index in [2.05, 4.69) is 0 Å². The van der Waals surface area contributed by atoms with Crippen molar-refractivity contribution >= 4 is 17.4 Å². The molecule has 0 bridgehead atoms. The molecule has 5 heteroatoms. The number of carbonyl (C=O) groups is 2. The highest BCUT2D eigenvalue weighted by atomic mass is 16.4. The van der Waals surface area contributed by atoms with Crippen LogP contribution < -0.4 is 5.73 Å². The lowest BCUT2D eigenvalue weighted by molar-refractivity contribution is -0.138. The van der Waals surface area contributed by atoms with Gasteiger partial charge in [0.2, 0.25) is 0 Å². The van der Waals surface area contributed by atoms with E-state index in [4.69, 9.17) is 10.8 Å². The number of benzene rings is 2. The Bertz CT molecular complexity index is 699. The summed E-state index contributed by atoms with van der Waals surface area (Å²) in [5, 5.41) is 8.93. The molecule has 0 fully saturated rings. The van der Waals surface area contributed by atoms with Crippen molar-refractivity contribution in [2.45, 2.75) is 13.5 Å². The van der Waals surface area contributed by atoms with Crippen LogP contribution in [0.4, 0.5) is 5.69 Å². The summed E-state index contributed by atoms with van der Waals surface area (Å²) >= 11 is 0. The topological polar surface area (TPSA) is 83.6 Å². The van der Waals surface area contributed by atoms with E-state index in [9.17, 15) is 9.59 Å². The number of carboxylic acids is 1. The van der Waals surface area contributed by atoms with Gasteiger partial charge in [-0.3, -0.25) is 14.5 Å². The van der Waals surface area contributed by atoms with Gasteiger partial charge in [-0.25, -0.2) is 0 Å². The van der Waals surface area contributed by atoms with Gasteiger partial charge < -0.3 is 10.8 Å². The predicted molar refractivity (Wildman–Crippen MR) is 89.3 cm³/mol. The van der Waals surface area contributed by atoms with E-state index in [1.807, 2.05) is 25.1 Å². The zero-order chi connectivity index (χ0) is 16.8. The molecule has 2 aromatic rings. The minimum absolute atomic E-state index is 0.0627. The highest BCUT2D eigenvalue weighted by molar-refractivity contribution is 6.09. The number of anilines is 1. The summed E-state index contributed by atoms with van der Waals surface area (Å²) in [6.45, 7) is 2.80. The second-order valence-electron chi connectivity index (χ2n) is 5.31. The highest BCUT2D eigenvalue weighted by Gasteiger charge is 2.14. The molecule has 0 spiro atoms. The van der Waals surface area contributed by atoms with Crippen molar-refractivity contribution in [1.82, 2.24) is 4.90 Å². The Kier molecular flexibility index (Phi) is 5.49. The predicted octanol–water partition coefficient (Wildman–Crippen LogP) is 2.41. The van der Waals surface area contributed by atoms with Crippen LogP contribution in [0.2, 0.25) is 0 Å². The number of nitrogens with two attached hydrogens (primary N) is 1. The third kappa shape index (κ3) is 4.40. The molecule has 0 saturated heterocycles. The van der Waals surface area contributed by atoms with Gasteiger partial charge in [0.05, 0.1) is 6.54 Å². The molecule has 120 valence electrons. The summed E-state index contributed by atoms with van der Waals surface area (Å²) in [6.07, 6.45) is 0. The average molecular weight is 312 g/mol. The first kappa shape index (κ1) is 16.7. The largest absolute Gasteiger partial charge is 0.480 e. The average Bonchev–Trinajstić information content (AvgIpc) is 2.55. The Labute approximate surface area is 135 Å². The standard InChI is InChI=1S/C18H20N2O3/c1-2-20(12-17(21)22)11-15-10-14(8-9-16(15)19)18(23)13-6-4-3-5-7-13/h3-10H,2,11-12,19H2,1H3,(H,21,22). The number of nitrogens with zero attached hydrogens (tertiary/aromatic N) is 1. The molecule has 0 unspecified atom stereocenters. The third-order valence-electron chi connectivity index (χ3n) is 3.64. The number of ketones is 1. The summed E-state index contributed by atoms with van der Waals surface area (Å²) in [4.78, 5) is 25.1. The van der Waals surface area contributed by atoms with Gasteiger partial charge in [-0.05, 0) is 30.3 Å². The molecule has 2 rings (SSSR count). The summed E-state index contributed by atoms with van der Waals surface area (Å²) in [5.74, 6) is -0.963. The van der Waals surface area contributed by atoms with Gasteiger partial charge in [-0.15, -0.1) is 0 Å². The number of likely N-dealkylation sites (N-methyl/N-ethyl adjacent to an activating group) is 1. The second kappa shape index (κ2) is 7.56. The molecular weight excluding hydrogens is 292 g/mol. The minimum atomic E-state index is -0.887. The highest BCUT2D eigenvalue weighted by Crippen LogP contribution is 2.19. The van der Waals surface area contributed by atoms with Crippen LogP contribution in [0.3, 0.4) is 0 Å². The van der Waals surface area contributed by atoms with Crippen LogP contribution in [-0.2, 0) is 11.3 Å². The van der Waals surface area contributed by atoms with Crippen molar-refractivity contribution < 1.29 is 14.7 Å². The molecule has 0 saturated carbocycles. The molecule has 0 aromatic heterocycles. The smallest absolute Gasteiger partial charge is 0.317 e. The lowest BCUT2D eigenvalue weighted by Gasteiger charge is -2.19. The molecular formula is C18H20N2O3. The first-order chi connectivity index (χ1) is 11.0. The molecule has 23 heavy (non-hydrogen) atoms. The van der Waals surface area contributed by atoms with E-state index < -0.39 is 5.97 Å². The van der Waals surface area contributed by atoms with Crippen LogP contribution in [0.5, 0.6) is 0 Å². The van der Waals surface area contributed by atoms with Crippen molar-refractivity contribution in [3.05, 3.63) is 65.2 Å². The Balaban J connectivity index is 2.25. The van der Waals surface area contributed by atoms with Gasteiger partial charge in [0.25, 0.3) is 0 Å². The maximum atomic E-state index is 12.5. The van der Waals surface area contributed by atoms with Crippen LogP contribution >= 0.6 is 0 Å². The van der Waals surface area contributed by atoms with Crippen molar-refractivity contribution in [2.75, 3.05) is 18.8 Å². The van der Waals surface area contributed by atoms with Gasteiger partial charge >= 0.3 is 5.97 Å². The Morgan fingerprint density at radius 3 is 2.39 bits per heavy atom. The zero-order valence-corrected chi connectivity index (χ0v) is 13.0. The summed E-state index contributed by atoms with van der Waals surface area (Å²) < 4.78 is 0.